The first kappa shape index (κ1) is 20.7. The number of H-pyrrole nitrogens is 1. The second kappa shape index (κ2) is 8.15. The van der Waals surface area contributed by atoms with Crippen LogP contribution in [0.1, 0.15) is 29.2 Å². The smallest absolute Gasteiger partial charge is 0.251 e. The number of amides is 2. The van der Waals surface area contributed by atoms with E-state index in [0.29, 0.717) is 24.5 Å². The van der Waals surface area contributed by atoms with E-state index in [2.05, 4.69) is 52.3 Å². The summed E-state index contributed by atoms with van der Waals surface area (Å²) < 4.78 is 5.43. The molecule has 1 fully saturated rings. The highest BCUT2D eigenvalue weighted by molar-refractivity contribution is 6.23. The second-order valence-electron chi connectivity index (χ2n) is 8.91. The number of para-hydroxylation sites is 3. The Balaban J connectivity index is 1.39. The molecule has 2 aliphatic heterocycles. The zero-order valence-corrected chi connectivity index (χ0v) is 18.9. The van der Waals surface area contributed by atoms with Gasteiger partial charge in [-0.1, -0.05) is 60.7 Å². The Hall–Kier alpha value is -3.90. The summed E-state index contributed by atoms with van der Waals surface area (Å²) in [4.78, 5) is 33.7. The molecule has 6 nitrogen and oxygen atoms in total. The van der Waals surface area contributed by atoms with Crippen LogP contribution in [0.3, 0.4) is 0 Å². The SMILES string of the molecule is COc1ccccc1N1C(=O)C[C@H](N2Cc3[nH]c4ccccc4c3[C@H](c3ccccc3)C2)C1=O. The minimum absolute atomic E-state index is 0.101. The Labute approximate surface area is 197 Å². The Morgan fingerprint density at radius 2 is 1.65 bits per heavy atom. The van der Waals surface area contributed by atoms with E-state index in [0.717, 1.165) is 11.2 Å². The number of nitrogens with one attached hydrogen (secondary N) is 1. The maximum Gasteiger partial charge on any atom is 0.251 e. The molecule has 2 aliphatic rings. The van der Waals surface area contributed by atoms with Crippen molar-refractivity contribution >= 4 is 28.4 Å². The molecule has 2 amide bonds. The van der Waals surface area contributed by atoms with Crippen LogP contribution in [0.5, 0.6) is 5.75 Å². The summed E-state index contributed by atoms with van der Waals surface area (Å²) in [7, 11) is 1.55. The first-order valence-electron chi connectivity index (χ1n) is 11.5. The van der Waals surface area contributed by atoms with E-state index in [-0.39, 0.29) is 24.2 Å². The van der Waals surface area contributed by atoms with Gasteiger partial charge in [-0.15, -0.1) is 0 Å². The zero-order chi connectivity index (χ0) is 23.2. The molecule has 1 N–H and O–H groups in total. The number of nitrogens with zero attached hydrogens (tertiary/aromatic N) is 2. The van der Waals surface area contributed by atoms with Crippen LogP contribution < -0.4 is 9.64 Å². The van der Waals surface area contributed by atoms with Crippen LogP contribution in [0.15, 0.2) is 78.9 Å². The molecule has 170 valence electrons. The number of benzene rings is 3. The molecule has 3 heterocycles. The highest BCUT2D eigenvalue weighted by atomic mass is 16.5. The molecule has 0 bridgehead atoms. The number of aromatic amines is 1. The van der Waals surface area contributed by atoms with Crippen molar-refractivity contribution in [3.8, 4) is 5.75 Å². The highest BCUT2D eigenvalue weighted by Gasteiger charge is 2.46. The van der Waals surface area contributed by atoms with Crippen molar-refractivity contribution < 1.29 is 14.3 Å². The standard InChI is InChI=1S/C28H25N3O3/c1-34-25-14-8-7-13-23(25)31-26(32)15-24(28(31)33)30-16-20(18-9-3-2-4-10-18)27-19-11-5-6-12-21(19)29-22(27)17-30/h2-14,20,24,29H,15-17H2,1H3/t20-,24-/m0/s1. The van der Waals surface area contributed by atoms with Gasteiger partial charge in [0, 0.05) is 35.6 Å². The van der Waals surface area contributed by atoms with E-state index in [4.69, 9.17) is 4.74 Å². The van der Waals surface area contributed by atoms with Crippen molar-refractivity contribution in [1.29, 1.82) is 0 Å². The van der Waals surface area contributed by atoms with Crippen molar-refractivity contribution in [2.75, 3.05) is 18.6 Å². The summed E-state index contributed by atoms with van der Waals surface area (Å²) in [6, 6.07) is 25.4. The number of anilines is 1. The number of ether oxygens (including phenoxy) is 1. The molecule has 0 aliphatic carbocycles. The van der Waals surface area contributed by atoms with Gasteiger partial charge >= 0.3 is 0 Å². The van der Waals surface area contributed by atoms with E-state index in [1.165, 1.54) is 21.4 Å². The fourth-order valence-corrected chi connectivity index (χ4v) is 5.50. The number of aromatic nitrogens is 1. The Kier molecular flexibility index (Phi) is 4.96. The Bertz CT molecular complexity index is 1390. The lowest BCUT2D eigenvalue weighted by Gasteiger charge is -2.36. The molecule has 3 aromatic carbocycles. The number of fused-ring (bicyclic) bond motifs is 3. The fourth-order valence-electron chi connectivity index (χ4n) is 5.50. The largest absolute Gasteiger partial charge is 0.495 e. The minimum atomic E-state index is -0.511. The van der Waals surface area contributed by atoms with Gasteiger partial charge in [-0.3, -0.25) is 14.5 Å². The molecular weight excluding hydrogens is 426 g/mol. The lowest BCUT2D eigenvalue weighted by Crippen LogP contribution is -2.45. The van der Waals surface area contributed by atoms with Gasteiger partial charge in [-0.05, 0) is 29.3 Å². The van der Waals surface area contributed by atoms with E-state index >= 15 is 0 Å². The van der Waals surface area contributed by atoms with Gasteiger partial charge in [-0.25, -0.2) is 4.90 Å². The summed E-state index contributed by atoms with van der Waals surface area (Å²) in [5.74, 6) is 0.229. The number of rotatable bonds is 4. The predicted octanol–water partition coefficient (Wildman–Crippen LogP) is 4.46. The first-order valence-corrected chi connectivity index (χ1v) is 11.5. The molecule has 0 saturated carbocycles. The number of methoxy groups -OCH3 is 1. The van der Waals surface area contributed by atoms with E-state index in [9.17, 15) is 9.59 Å². The van der Waals surface area contributed by atoms with Crippen molar-refractivity contribution in [3.05, 3.63) is 95.7 Å². The van der Waals surface area contributed by atoms with Crippen LogP contribution in [-0.4, -0.2) is 41.4 Å². The van der Waals surface area contributed by atoms with Crippen LogP contribution in [0, 0.1) is 0 Å². The summed E-state index contributed by atoms with van der Waals surface area (Å²) in [5.41, 5.74) is 5.20. The van der Waals surface area contributed by atoms with Crippen LogP contribution in [0.4, 0.5) is 5.69 Å². The van der Waals surface area contributed by atoms with E-state index < -0.39 is 6.04 Å². The van der Waals surface area contributed by atoms with Crippen molar-refractivity contribution in [2.24, 2.45) is 0 Å². The topological polar surface area (TPSA) is 65.6 Å². The third-order valence-corrected chi connectivity index (χ3v) is 7.05. The molecule has 0 radical (unpaired) electrons. The average Bonchev–Trinajstić information content (AvgIpc) is 3.40. The molecular formula is C28H25N3O3. The average molecular weight is 452 g/mol. The van der Waals surface area contributed by atoms with Gasteiger partial charge in [0.25, 0.3) is 5.91 Å². The normalized spacial score (nSPS) is 20.7. The maximum absolute atomic E-state index is 13.6. The third-order valence-electron chi connectivity index (χ3n) is 7.05. The molecule has 2 atom stereocenters. The molecule has 34 heavy (non-hydrogen) atoms. The highest BCUT2D eigenvalue weighted by Crippen LogP contribution is 2.41. The van der Waals surface area contributed by atoms with Crippen LogP contribution in [0.2, 0.25) is 0 Å². The molecule has 1 saturated heterocycles. The lowest BCUT2D eigenvalue weighted by molar-refractivity contribution is -0.123. The number of hydrogen-bond acceptors (Lipinski definition) is 4. The third kappa shape index (κ3) is 3.22. The van der Waals surface area contributed by atoms with E-state index in [1.54, 1.807) is 19.2 Å². The van der Waals surface area contributed by atoms with Crippen LogP contribution in [-0.2, 0) is 16.1 Å². The molecule has 0 spiro atoms. The molecule has 4 aromatic rings. The summed E-state index contributed by atoms with van der Waals surface area (Å²) in [6.07, 6.45) is 0.161. The molecule has 1 aromatic heterocycles. The minimum Gasteiger partial charge on any atom is -0.495 e. The number of hydrogen-bond donors (Lipinski definition) is 1. The number of imide groups is 1. The van der Waals surface area contributed by atoms with E-state index in [1.807, 2.05) is 24.3 Å². The monoisotopic (exact) mass is 451 g/mol. The maximum atomic E-state index is 13.6. The Morgan fingerprint density at radius 1 is 0.912 bits per heavy atom. The number of carbonyl (C=O) groups excluding carboxylic acids is 2. The predicted molar refractivity (Wildman–Crippen MR) is 131 cm³/mol. The lowest BCUT2D eigenvalue weighted by atomic mass is 9.85. The zero-order valence-electron chi connectivity index (χ0n) is 18.9. The second-order valence-corrected chi connectivity index (χ2v) is 8.91. The van der Waals surface area contributed by atoms with Crippen molar-refractivity contribution in [1.82, 2.24) is 9.88 Å². The first-order chi connectivity index (χ1) is 16.7. The summed E-state index contributed by atoms with van der Waals surface area (Å²) in [6.45, 7) is 1.26. The van der Waals surface area contributed by atoms with Gasteiger partial charge in [0.1, 0.15) is 5.75 Å². The summed E-state index contributed by atoms with van der Waals surface area (Å²) in [5, 5.41) is 1.22. The van der Waals surface area contributed by atoms with Crippen LogP contribution in [0.25, 0.3) is 10.9 Å². The van der Waals surface area contributed by atoms with Gasteiger partial charge in [-0.2, -0.15) is 0 Å². The van der Waals surface area contributed by atoms with Crippen LogP contribution >= 0.6 is 0 Å². The van der Waals surface area contributed by atoms with Crippen molar-refractivity contribution in [2.45, 2.75) is 24.9 Å². The van der Waals surface area contributed by atoms with Crippen molar-refractivity contribution in [3.63, 3.8) is 0 Å². The quantitative estimate of drug-likeness (QED) is 0.466. The molecule has 0 unspecified atom stereocenters. The van der Waals surface area contributed by atoms with Gasteiger partial charge < -0.3 is 9.72 Å². The fraction of sp³-hybridized carbons (Fsp3) is 0.214. The van der Waals surface area contributed by atoms with Gasteiger partial charge in [0.15, 0.2) is 0 Å². The summed E-state index contributed by atoms with van der Waals surface area (Å²) >= 11 is 0. The van der Waals surface area contributed by atoms with Gasteiger partial charge in [0.05, 0.1) is 25.3 Å². The molecule has 6 rings (SSSR count). The molecule has 6 heteroatoms. The number of carbonyl (C=O) groups is 2. The Morgan fingerprint density at radius 3 is 2.47 bits per heavy atom. The van der Waals surface area contributed by atoms with Gasteiger partial charge in [0.2, 0.25) is 5.91 Å².